The maximum Gasteiger partial charge on any atom is 0.233 e. The summed E-state index contributed by atoms with van der Waals surface area (Å²) < 4.78 is 0. The molecule has 4 heteroatoms. The van der Waals surface area contributed by atoms with E-state index in [0.717, 1.165) is 0 Å². The lowest BCUT2D eigenvalue weighted by Crippen LogP contribution is -1.89. The molecule has 0 bridgehead atoms. The van der Waals surface area contributed by atoms with Crippen molar-refractivity contribution in [2.75, 3.05) is 0 Å². The van der Waals surface area contributed by atoms with Gasteiger partial charge in [0.15, 0.2) is 0 Å². The van der Waals surface area contributed by atoms with Gasteiger partial charge in [-0.05, 0) is 0 Å². The summed E-state index contributed by atoms with van der Waals surface area (Å²) in [6.07, 6.45) is 0. The third-order valence-corrected chi connectivity index (χ3v) is 1.66. The molecular formula is C8H8N2OS. The fourth-order valence-corrected chi connectivity index (χ4v) is 1.01. The van der Waals surface area contributed by atoms with E-state index in [1.54, 1.807) is 29.7 Å². The van der Waals surface area contributed by atoms with Gasteiger partial charge in [-0.2, -0.15) is 5.26 Å². The molecular weight excluding hydrogens is 172 g/mol. The second-order valence-electron chi connectivity index (χ2n) is 1.85. The van der Waals surface area contributed by atoms with Crippen LogP contribution in [0.3, 0.4) is 0 Å². The maximum absolute atomic E-state index is 11.0. The molecule has 62 valence electrons. The van der Waals surface area contributed by atoms with E-state index >= 15 is 0 Å². The van der Waals surface area contributed by atoms with E-state index in [9.17, 15) is 4.79 Å². The van der Waals surface area contributed by atoms with E-state index in [1.807, 2.05) is 6.07 Å². The van der Waals surface area contributed by atoms with Crippen molar-refractivity contribution in [3.63, 3.8) is 0 Å². The maximum atomic E-state index is 11.0. The number of rotatable bonds is 1. The first-order valence-electron chi connectivity index (χ1n) is 3.00. The molecule has 1 aromatic rings. The highest BCUT2D eigenvalue weighted by Gasteiger charge is 2.03. The quantitative estimate of drug-likeness (QED) is 0.672. The van der Waals surface area contributed by atoms with Crippen LogP contribution in [0.25, 0.3) is 0 Å². The van der Waals surface area contributed by atoms with Gasteiger partial charge < -0.3 is 6.15 Å². The molecule has 0 saturated heterocycles. The molecule has 12 heavy (non-hydrogen) atoms. The zero-order valence-corrected chi connectivity index (χ0v) is 7.17. The standard InChI is InChI=1S/C8H5NOS.H3N/c9-6-11-8(10)7-4-2-1-3-5-7;/h1-5H;1H3. The molecule has 0 radical (unpaired) electrons. The van der Waals surface area contributed by atoms with Crippen LogP contribution in [0.5, 0.6) is 0 Å². The van der Waals surface area contributed by atoms with Crippen molar-refractivity contribution in [1.29, 1.82) is 5.26 Å². The molecule has 0 atom stereocenters. The minimum Gasteiger partial charge on any atom is -0.344 e. The summed E-state index contributed by atoms with van der Waals surface area (Å²) in [7, 11) is 0. The number of hydrogen-bond donors (Lipinski definition) is 1. The van der Waals surface area contributed by atoms with Gasteiger partial charge in [0.2, 0.25) is 5.12 Å². The molecule has 3 nitrogen and oxygen atoms in total. The van der Waals surface area contributed by atoms with E-state index in [-0.39, 0.29) is 11.3 Å². The topological polar surface area (TPSA) is 75.9 Å². The highest BCUT2D eigenvalue weighted by molar-refractivity contribution is 8.18. The van der Waals surface area contributed by atoms with Gasteiger partial charge >= 0.3 is 0 Å². The van der Waals surface area contributed by atoms with Crippen LogP contribution in [0.4, 0.5) is 0 Å². The summed E-state index contributed by atoms with van der Waals surface area (Å²) in [5, 5.41) is 9.72. The van der Waals surface area contributed by atoms with Crippen molar-refractivity contribution in [1.82, 2.24) is 6.15 Å². The van der Waals surface area contributed by atoms with Crippen molar-refractivity contribution in [2.45, 2.75) is 0 Å². The minimum absolute atomic E-state index is 0. The predicted octanol–water partition coefficient (Wildman–Crippen LogP) is 2.20. The summed E-state index contributed by atoms with van der Waals surface area (Å²) in [6, 6.07) is 8.74. The number of thioether (sulfide) groups is 1. The van der Waals surface area contributed by atoms with Crippen LogP contribution in [0, 0.1) is 10.7 Å². The fraction of sp³-hybridized carbons (Fsp3) is 0. The molecule has 0 saturated carbocycles. The second-order valence-corrected chi connectivity index (χ2v) is 2.60. The Bertz CT molecular complexity index is 292. The number of carbonyl (C=O) groups is 1. The third kappa shape index (κ3) is 2.74. The van der Waals surface area contributed by atoms with Gasteiger partial charge in [-0.15, -0.1) is 0 Å². The molecule has 0 aliphatic heterocycles. The summed E-state index contributed by atoms with van der Waals surface area (Å²) in [4.78, 5) is 11.0. The van der Waals surface area contributed by atoms with E-state index < -0.39 is 0 Å². The Morgan fingerprint density at radius 2 is 1.92 bits per heavy atom. The lowest BCUT2D eigenvalue weighted by Gasteiger charge is -1.91. The van der Waals surface area contributed by atoms with Crippen molar-refractivity contribution in [3.05, 3.63) is 35.9 Å². The molecule has 0 aliphatic carbocycles. The smallest absolute Gasteiger partial charge is 0.233 e. The second kappa shape index (κ2) is 5.35. The van der Waals surface area contributed by atoms with Crippen molar-refractivity contribution < 1.29 is 4.79 Å². The SMILES string of the molecule is N.N#CSC(=O)c1ccccc1. The first-order valence-corrected chi connectivity index (χ1v) is 3.81. The van der Waals surface area contributed by atoms with Gasteiger partial charge in [-0.3, -0.25) is 4.79 Å². The molecule has 1 rings (SSSR count). The predicted molar refractivity (Wildman–Crippen MR) is 49.0 cm³/mol. The zero-order valence-electron chi connectivity index (χ0n) is 6.36. The summed E-state index contributed by atoms with van der Waals surface area (Å²) in [5.41, 5.74) is 0.569. The minimum atomic E-state index is -0.201. The Kier molecular flexibility index (Phi) is 4.77. The lowest BCUT2D eigenvalue weighted by atomic mass is 10.2. The van der Waals surface area contributed by atoms with Crippen molar-refractivity contribution in [2.24, 2.45) is 0 Å². The van der Waals surface area contributed by atoms with E-state index in [2.05, 4.69) is 0 Å². The van der Waals surface area contributed by atoms with Gasteiger partial charge in [0.25, 0.3) is 0 Å². The van der Waals surface area contributed by atoms with Crippen LogP contribution in [0.15, 0.2) is 30.3 Å². The Morgan fingerprint density at radius 1 is 1.33 bits per heavy atom. The number of carbonyl (C=O) groups excluding carboxylic acids is 1. The van der Waals surface area contributed by atoms with Gasteiger partial charge in [-0.25, -0.2) is 0 Å². The molecule has 0 heterocycles. The van der Waals surface area contributed by atoms with Gasteiger partial charge in [0, 0.05) is 17.3 Å². The summed E-state index contributed by atoms with van der Waals surface area (Å²) in [6.45, 7) is 0. The normalized spacial score (nSPS) is 7.92. The van der Waals surface area contributed by atoms with E-state index in [1.165, 1.54) is 0 Å². The number of nitriles is 1. The van der Waals surface area contributed by atoms with Crippen LogP contribution >= 0.6 is 11.8 Å². The number of benzene rings is 1. The van der Waals surface area contributed by atoms with Crippen LogP contribution in [-0.2, 0) is 0 Å². The van der Waals surface area contributed by atoms with Gasteiger partial charge in [0.1, 0.15) is 5.40 Å². The average molecular weight is 180 g/mol. The largest absolute Gasteiger partial charge is 0.344 e. The van der Waals surface area contributed by atoms with Crippen LogP contribution in [-0.4, -0.2) is 5.12 Å². The van der Waals surface area contributed by atoms with Crippen molar-refractivity contribution >= 4 is 16.9 Å². The lowest BCUT2D eigenvalue weighted by molar-refractivity contribution is 0.109. The first-order chi connectivity index (χ1) is 5.34. The van der Waals surface area contributed by atoms with Crippen LogP contribution in [0.1, 0.15) is 10.4 Å². The summed E-state index contributed by atoms with van der Waals surface area (Å²) in [5.74, 6) is 0. The van der Waals surface area contributed by atoms with Crippen LogP contribution < -0.4 is 6.15 Å². The summed E-state index contributed by atoms with van der Waals surface area (Å²) >= 11 is 0.651. The molecule has 0 spiro atoms. The molecule has 0 amide bonds. The monoisotopic (exact) mass is 180 g/mol. The van der Waals surface area contributed by atoms with Crippen LogP contribution in [0.2, 0.25) is 0 Å². The molecule has 0 fully saturated rings. The van der Waals surface area contributed by atoms with E-state index in [0.29, 0.717) is 17.3 Å². The van der Waals surface area contributed by atoms with Crippen molar-refractivity contribution in [3.8, 4) is 5.40 Å². The molecule has 0 aliphatic rings. The highest BCUT2D eigenvalue weighted by atomic mass is 32.2. The van der Waals surface area contributed by atoms with E-state index in [4.69, 9.17) is 5.26 Å². The highest BCUT2D eigenvalue weighted by Crippen LogP contribution is 2.09. The average Bonchev–Trinajstić information content (AvgIpc) is 2.07. The zero-order chi connectivity index (χ0) is 8.10. The van der Waals surface area contributed by atoms with Gasteiger partial charge in [0.05, 0.1) is 0 Å². The number of hydrogen-bond acceptors (Lipinski definition) is 4. The molecule has 3 N–H and O–H groups in total. The Hall–Kier alpha value is -1.31. The third-order valence-electron chi connectivity index (χ3n) is 1.15. The Morgan fingerprint density at radius 3 is 2.42 bits per heavy atom. The molecule has 0 unspecified atom stereocenters. The molecule has 0 aromatic heterocycles. The van der Waals surface area contributed by atoms with Gasteiger partial charge in [-0.1, -0.05) is 30.3 Å². The fourth-order valence-electron chi connectivity index (χ4n) is 0.675. The first kappa shape index (κ1) is 10.7. The molecule has 1 aromatic carbocycles. The Balaban J connectivity index is 0.00000121. The Labute approximate surface area is 75.0 Å². The number of thiocyanates is 1. The number of nitrogens with zero attached hydrogens (tertiary/aromatic N) is 1.